The Bertz CT molecular complexity index is 1100. The van der Waals surface area contributed by atoms with Crippen molar-refractivity contribution in [1.29, 1.82) is 0 Å². The third-order valence-corrected chi connectivity index (χ3v) is 4.25. The number of para-hydroxylation sites is 1. The Kier molecular flexibility index (Phi) is 3.85. The van der Waals surface area contributed by atoms with Crippen molar-refractivity contribution in [2.45, 2.75) is 12.8 Å². The molecule has 2 aromatic heterocycles. The Hall–Kier alpha value is -3.28. The van der Waals surface area contributed by atoms with Gasteiger partial charge in [-0.15, -0.1) is 0 Å². The maximum atomic E-state index is 12.2. The van der Waals surface area contributed by atoms with Crippen LogP contribution in [-0.4, -0.2) is 22.4 Å². The maximum Gasteiger partial charge on any atom is 0.417 e. The van der Waals surface area contributed by atoms with E-state index in [2.05, 4.69) is 15.3 Å². The Morgan fingerprint density at radius 2 is 2.00 bits per heavy atom. The largest absolute Gasteiger partial charge is 0.417 e. The van der Waals surface area contributed by atoms with Crippen molar-refractivity contribution in [3.05, 3.63) is 70.3 Å². The first-order chi connectivity index (χ1) is 12.2. The van der Waals surface area contributed by atoms with E-state index in [9.17, 15) is 9.59 Å². The summed E-state index contributed by atoms with van der Waals surface area (Å²) < 4.78 is 4.98. The normalized spacial score (nSPS) is 11.2. The first-order valence-corrected chi connectivity index (χ1v) is 8.12. The van der Waals surface area contributed by atoms with Crippen molar-refractivity contribution < 1.29 is 9.21 Å². The fourth-order valence-electron chi connectivity index (χ4n) is 3.01. The predicted molar refractivity (Wildman–Crippen MR) is 95.6 cm³/mol. The second-order valence-electron chi connectivity index (χ2n) is 5.98. The number of carbonyl (C=O) groups is 1. The van der Waals surface area contributed by atoms with Gasteiger partial charge in [0.2, 0.25) is 5.91 Å². The molecule has 0 aliphatic rings. The van der Waals surface area contributed by atoms with Gasteiger partial charge in [-0.3, -0.25) is 9.78 Å². The zero-order chi connectivity index (χ0) is 17.2. The van der Waals surface area contributed by atoms with Crippen LogP contribution < -0.4 is 11.1 Å². The standard InChI is InChI=1S/C19H17N3O3/c23-18(10-13-11-21-15-4-2-1-3-14(13)15)20-8-7-12-5-6-17-16(9-12)22-19(24)25-17/h1-6,9,11,21H,7-8,10H2,(H,20,23)(H,22,24). The van der Waals surface area contributed by atoms with Crippen molar-refractivity contribution in [1.82, 2.24) is 15.3 Å². The van der Waals surface area contributed by atoms with E-state index >= 15 is 0 Å². The van der Waals surface area contributed by atoms with Crippen molar-refractivity contribution in [3.63, 3.8) is 0 Å². The van der Waals surface area contributed by atoms with Gasteiger partial charge in [-0.05, 0) is 35.7 Å². The molecule has 0 aliphatic heterocycles. The van der Waals surface area contributed by atoms with E-state index in [1.54, 1.807) is 6.07 Å². The molecule has 25 heavy (non-hydrogen) atoms. The fourth-order valence-corrected chi connectivity index (χ4v) is 3.01. The van der Waals surface area contributed by atoms with Crippen LogP contribution in [0.1, 0.15) is 11.1 Å². The molecule has 0 spiro atoms. The third-order valence-electron chi connectivity index (χ3n) is 4.25. The number of hydrogen-bond donors (Lipinski definition) is 3. The van der Waals surface area contributed by atoms with Crippen molar-refractivity contribution in [2.75, 3.05) is 6.54 Å². The summed E-state index contributed by atoms with van der Waals surface area (Å²) in [5.74, 6) is -0.471. The molecule has 3 N–H and O–H groups in total. The molecule has 0 saturated heterocycles. The number of amides is 1. The van der Waals surface area contributed by atoms with Crippen LogP contribution in [0.25, 0.3) is 22.0 Å². The average molecular weight is 335 g/mol. The van der Waals surface area contributed by atoms with Crippen LogP contribution in [0.4, 0.5) is 0 Å². The number of aromatic amines is 2. The summed E-state index contributed by atoms with van der Waals surface area (Å²) in [4.78, 5) is 29.1. The van der Waals surface area contributed by atoms with Crippen LogP contribution in [0.2, 0.25) is 0 Å². The topological polar surface area (TPSA) is 90.9 Å². The molecular weight excluding hydrogens is 318 g/mol. The highest BCUT2D eigenvalue weighted by atomic mass is 16.4. The van der Waals surface area contributed by atoms with Gasteiger partial charge in [0.15, 0.2) is 5.58 Å². The molecule has 4 aromatic rings. The number of H-pyrrole nitrogens is 2. The highest BCUT2D eigenvalue weighted by Gasteiger charge is 2.08. The minimum atomic E-state index is -0.459. The fraction of sp³-hybridized carbons (Fsp3) is 0.158. The van der Waals surface area contributed by atoms with E-state index in [-0.39, 0.29) is 5.91 Å². The number of carbonyl (C=O) groups excluding carboxylic acids is 1. The van der Waals surface area contributed by atoms with Crippen LogP contribution >= 0.6 is 0 Å². The Morgan fingerprint density at radius 3 is 2.92 bits per heavy atom. The van der Waals surface area contributed by atoms with Gasteiger partial charge < -0.3 is 14.7 Å². The summed E-state index contributed by atoms with van der Waals surface area (Å²) in [6.45, 7) is 0.536. The molecule has 6 nitrogen and oxygen atoms in total. The van der Waals surface area contributed by atoms with Gasteiger partial charge in [0.25, 0.3) is 0 Å². The minimum Gasteiger partial charge on any atom is -0.408 e. The average Bonchev–Trinajstić information content (AvgIpc) is 3.17. The molecule has 0 atom stereocenters. The Morgan fingerprint density at radius 1 is 1.12 bits per heavy atom. The molecule has 0 bridgehead atoms. The Balaban J connectivity index is 1.35. The number of oxazole rings is 1. The van der Waals surface area contributed by atoms with Crippen molar-refractivity contribution >= 4 is 27.9 Å². The van der Waals surface area contributed by atoms with Gasteiger partial charge in [-0.25, -0.2) is 4.79 Å². The zero-order valence-electron chi connectivity index (χ0n) is 13.5. The SMILES string of the molecule is O=C(Cc1c[nH]c2ccccc12)NCCc1ccc2oc(=O)[nH]c2c1. The molecular formula is C19H17N3O3. The summed E-state index contributed by atoms with van der Waals surface area (Å²) in [7, 11) is 0. The van der Waals surface area contributed by atoms with Gasteiger partial charge in [0.05, 0.1) is 11.9 Å². The number of nitrogens with one attached hydrogen (secondary N) is 3. The number of hydrogen-bond acceptors (Lipinski definition) is 3. The van der Waals surface area contributed by atoms with Gasteiger partial charge in [0, 0.05) is 23.6 Å². The highest BCUT2D eigenvalue weighted by molar-refractivity contribution is 5.88. The molecule has 1 amide bonds. The van der Waals surface area contributed by atoms with E-state index in [1.807, 2.05) is 42.6 Å². The summed E-state index contributed by atoms with van der Waals surface area (Å²) in [5, 5.41) is 4.02. The lowest BCUT2D eigenvalue weighted by Crippen LogP contribution is -2.27. The molecule has 0 saturated carbocycles. The molecule has 2 heterocycles. The highest BCUT2D eigenvalue weighted by Crippen LogP contribution is 2.18. The monoisotopic (exact) mass is 335 g/mol. The lowest BCUT2D eigenvalue weighted by molar-refractivity contribution is -0.120. The molecule has 2 aromatic carbocycles. The Labute approximate surface area is 142 Å². The molecule has 0 fully saturated rings. The second-order valence-corrected chi connectivity index (χ2v) is 5.98. The lowest BCUT2D eigenvalue weighted by atomic mass is 10.1. The van der Waals surface area contributed by atoms with Gasteiger partial charge >= 0.3 is 5.76 Å². The van der Waals surface area contributed by atoms with Crippen LogP contribution in [0.3, 0.4) is 0 Å². The van der Waals surface area contributed by atoms with Gasteiger partial charge in [0.1, 0.15) is 0 Å². The number of benzene rings is 2. The third kappa shape index (κ3) is 3.19. The van der Waals surface area contributed by atoms with E-state index in [0.29, 0.717) is 30.5 Å². The van der Waals surface area contributed by atoms with Gasteiger partial charge in [-0.2, -0.15) is 0 Å². The van der Waals surface area contributed by atoms with E-state index < -0.39 is 5.76 Å². The molecule has 4 rings (SSSR count). The number of rotatable bonds is 5. The molecule has 6 heteroatoms. The summed E-state index contributed by atoms with van der Waals surface area (Å²) >= 11 is 0. The number of aromatic nitrogens is 2. The molecule has 126 valence electrons. The molecule has 0 unspecified atom stereocenters. The van der Waals surface area contributed by atoms with Crippen molar-refractivity contribution in [2.24, 2.45) is 0 Å². The zero-order valence-corrected chi connectivity index (χ0v) is 13.5. The van der Waals surface area contributed by atoms with Gasteiger partial charge in [-0.1, -0.05) is 24.3 Å². The van der Waals surface area contributed by atoms with E-state index in [0.717, 1.165) is 22.0 Å². The first-order valence-electron chi connectivity index (χ1n) is 8.12. The summed E-state index contributed by atoms with van der Waals surface area (Å²) in [6, 6.07) is 13.5. The first kappa shape index (κ1) is 15.3. The number of fused-ring (bicyclic) bond motifs is 2. The van der Waals surface area contributed by atoms with Crippen LogP contribution in [0.15, 0.2) is 57.9 Å². The van der Waals surface area contributed by atoms with E-state index in [1.165, 1.54) is 0 Å². The smallest absolute Gasteiger partial charge is 0.408 e. The molecule has 0 aliphatic carbocycles. The van der Waals surface area contributed by atoms with Crippen LogP contribution in [-0.2, 0) is 17.6 Å². The van der Waals surface area contributed by atoms with Crippen molar-refractivity contribution in [3.8, 4) is 0 Å². The van der Waals surface area contributed by atoms with Crippen LogP contribution in [0, 0.1) is 0 Å². The lowest BCUT2D eigenvalue weighted by Gasteiger charge is -2.05. The second kappa shape index (κ2) is 6.32. The van der Waals surface area contributed by atoms with Crippen LogP contribution in [0.5, 0.6) is 0 Å². The molecule has 0 radical (unpaired) electrons. The maximum absolute atomic E-state index is 12.2. The van der Waals surface area contributed by atoms with E-state index in [4.69, 9.17) is 4.42 Å². The minimum absolute atomic E-state index is 0.0115. The quantitative estimate of drug-likeness (QED) is 0.523. The predicted octanol–water partition coefficient (Wildman–Crippen LogP) is 2.50. The summed E-state index contributed by atoms with van der Waals surface area (Å²) in [6.07, 6.45) is 2.91. The summed E-state index contributed by atoms with van der Waals surface area (Å²) in [5.41, 5.74) is 4.26.